The number of benzene rings is 2. The van der Waals surface area contributed by atoms with E-state index in [0.717, 1.165) is 0 Å². The predicted molar refractivity (Wildman–Crippen MR) is 81.7 cm³/mol. The highest BCUT2D eigenvalue weighted by Gasteiger charge is 2.18. The molecule has 0 saturated heterocycles. The molecule has 94 valence electrons. The van der Waals surface area contributed by atoms with E-state index in [4.69, 9.17) is 0 Å². The SMILES string of the molecule is CC(C)(C)c1ccc([I+]c2ccc(I)cc2)cc1. The third kappa shape index (κ3) is 3.95. The second-order valence-corrected chi connectivity index (χ2v) is 9.56. The lowest BCUT2D eigenvalue weighted by molar-refractivity contribution is -0.597. The second-order valence-electron chi connectivity index (χ2n) is 5.29. The van der Waals surface area contributed by atoms with Gasteiger partial charge < -0.3 is 0 Å². The first-order chi connectivity index (χ1) is 8.45. The maximum Gasteiger partial charge on any atom is 0.357 e. The quantitative estimate of drug-likeness (QED) is 0.596. The molecule has 0 saturated carbocycles. The van der Waals surface area contributed by atoms with Crippen molar-refractivity contribution in [2.45, 2.75) is 26.2 Å². The molecule has 2 aromatic carbocycles. The lowest BCUT2D eigenvalue weighted by atomic mass is 9.87. The number of hydrogen-bond donors (Lipinski definition) is 0. The summed E-state index contributed by atoms with van der Waals surface area (Å²) < 4.78 is 4.28. The van der Waals surface area contributed by atoms with Gasteiger partial charge in [0.1, 0.15) is 0 Å². The molecule has 2 heteroatoms. The topological polar surface area (TPSA) is 0 Å². The Bertz CT molecular complexity index is 504. The smallest absolute Gasteiger partial charge is 0.0561 e. The summed E-state index contributed by atoms with van der Waals surface area (Å²) in [5.41, 5.74) is 1.66. The maximum absolute atomic E-state index is 2.35. The van der Waals surface area contributed by atoms with Crippen LogP contribution in [0, 0.1) is 10.7 Å². The van der Waals surface area contributed by atoms with Crippen molar-refractivity contribution in [1.29, 1.82) is 0 Å². The van der Waals surface area contributed by atoms with Crippen molar-refractivity contribution in [3.63, 3.8) is 0 Å². The molecule has 0 unspecified atom stereocenters. The van der Waals surface area contributed by atoms with Gasteiger partial charge in [0, 0.05) is 3.57 Å². The Labute approximate surface area is 134 Å². The van der Waals surface area contributed by atoms with Crippen LogP contribution in [0.5, 0.6) is 0 Å². The first kappa shape index (κ1) is 14.3. The van der Waals surface area contributed by atoms with Gasteiger partial charge in [-0.2, -0.15) is 0 Å². The first-order valence-corrected chi connectivity index (χ1v) is 9.20. The van der Waals surface area contributed by atoms with Crippen LogP contribution in [-0.4, -0.2) is 0 Å². The fourth-order valence-electron chi connectivity index (χ4n) is 1.63. The van der Waals surface area contributed by atoms with Crippen LogP contribution >= 0.6 is 22.6 Å². The van der Waals surface area contributed by atoms with E-state index in [9.17, 15) is 0 Å². The van der Waals surface area contributed by atoms with Gasteiger partial charge in [-0.15, -0.1) is 0 Å². The largest absolute Gasteiger partial charge is 0.357 e. The normalized spacial score (nSPS) is 11.6. The average Bonchev–Trinajstić information content (AvgIpc) is 2.32. The van der Waals surface area contributed by atoms with Crippen molar-refractivity contribution in [3.05, 3.63) is 64.8 Å². The summed E-state index contributed by atoms with van der Waals surface area (Å²) in [4.78, 5) is 0. The van der Waals surface area contributed by atoms with Crippen LogP contribution in [0.4, 0.5) is 0 Å². The molecule has 2 rings (SSSR count). The van der Waals surface area contributed by atoms with Crippen LogP contribution in [0.2, 0.25) is 0 Å². The van der Waals surface area contributed by atoms with Crippen molar-refractivity contribution in [3.8, 4) is 0 Å². The molecule has 0 spiro atoms. The van der Waals surface area contributed by atoms with Crippen LogP contribution in [0.25, 0.3) is 0 Å². The van der Waals surface area contributed by atoms with Crippen LogP contribution in [0.15, 0.2) is 48.5 Å². The van der Waals surface area contributed by atoms with Crippen LogP contribution in [0.1, 0.15) is 26.3 Å². The average molecular weight is 463 g/mol. The molecule has 2 aromatic rings. The third-order valence-electron chi connectivity index (χ3n) is 2.73. The Hall–Kier alpha value is -0.100. The molecular weight excluding hydrogens is 446 g/mol. The van der Waals surface area contributed by atoms with Crippen molar-refractivity contribution < 1.29 is 21.2 Å². The molecular formula is C16H17I2+. The van der Waals surface area contributed by atoms with Crippen molar-refractivity contribution in [2.75, 3.05) is 0 Å². The molecule has 0 aromatic heterocycles. The van der Waals surface area contributed by atoms with Gasteiger partial charge in [-0.3, -0.25) is 0 Å². The van der Waals surface area contributed by atoms with Crippen molar-refractivity contribution in [2.24, 2.45) is 0 Å². The summed E-state index contributed by atoms with van der Waals surface area (Å²) >= 11 is 2.32. The molecule has 18 heavy (non-hydrogen) atoms. The minimum Gasteiger partial charge on any atom is -0.0561 e. The van der Waals surface area contributed by atoms with E-state index in [1.54, 1.807) is 0 Å². The van der Waals surface area contributed by atoms with E-state index in [1.165, 1.54) is 16.3 Å². The zero-order valence-corrected chi connectivity index (χ0v) is 15.2. The second kappa shape index (κ2) is 5.90. The Morgan fingerprint density at radius 2 is 1.22 bits per heavy atom. The first-order valence-electron chi connectivity index (χ1n) is 5.96. The maximum atomic E-state index is 2.35. The van der Waals surface area contributed by atoms with Gasteiger partial charge in [0.15, 0.2) is 7.14 Å². The molecule has 0 N–H and O–H groups in total. The highest BCUT2D eigenvalue weighted by atomic mass is 127. The van der Waals surface area contributed by atoms with Gasteiger partial charge in [0.2, 0.25) is 0 Å². The molecule has 0 radical (unpaired) electrons. The van der Waals surface area contributed by atoms with Crippen LogP contribution in [-0.2, 0) is 5.41 Å². The Balaban J connectivity index is 2.13. The van der Waals surface area contributed by atoms with E-state index in [2.05, 4.69) is 91.9 Å². The summed E-state index contributed by atoms with van der Waals surface area (Å²) in [6.07, 6.45) is 0. The molecule has 0 aliphatic heterocycles. The van der Waals surface area contributed by atoms with Gasteiger partial charge in [-0.1, -0.05) is 32.9 Å². The minimum absolute atomic E-state index is 0.0369. The summed E-state index contributed by atoms with van der Waals surface area (Å²) in [5, 5.41) is 0. The Morgan fingerprint density at radius 3 is 1.67 bits per heavy atom. The molecule has 0 fully saturated rings. The standard InChI is InChI=1S/C16H17I2/c1-16(2,3)12-4-8-14(9-5-12)18-15-10-6-13(17)7-11-15/h4-11H,1-3H3/q+1. The predicted octanol–water partition coefficient (Wildman–Crippen LogP) is 1.72. The van der Waals surface area contributed by atoms with E-state index < -0.39 is 0 Å². The van der Waals surface area contributed by atoms with E-state index in [1.807, 2.05) is 0 Å². The monoisotopic (exact) mass is 463 g/mol. The fourth-order valence-corrected chi connectivity index (χ4v) is 4.15. The van der Waals surface area contributed by atoms with Gasteiger partial charge >= 0.3 is 21.2 Å². The number of rotatable bonds is 2. The molecule has 0 atom stereocenters. The molecule has 0 aliphatic rings. The summed E-state index contributed by atoms with van der Waals surface area (Å²) in [6, 6.07) is 18.1. The molecule has 0 nitrogen and oxygen atoms in total. The summed E-state index contributed by atoms with van der Waals surface area (Å²) in [6.45, 7) is 6.78. The highest BCUT2D eigenvalue weighted by molar-refractivity contribution is 14.1. The Morgan fingerprint density at radius 1 is 0.778 bits per heavy atom. The highest BCUT2D eigenvalue weighted by Crippen LogP contribution is 2.20. The van der Waals surface area contributed by atoms with E-state index in [0.29, 0.717) is 0 Å². The van der Waals surface area contributed by atoms with E-state index in [-0.39, 0.29) is 26.6 Å². The third-order valence-corrected chi connectivity index (χ3v) is 6.14. The van der Waals surface area contributed by atoms with Crippen molar-refractivity contribution >= 4 is 22.6 Å². The van der Waals surface area contributed by atoms with Gasteiger partial charge in [-0.05, 0) is 70.0 Å². The van der Waals surface area contributed by atoms with Gasteiger partial charge in [-0.25, -0.2) is 0 Å². The zero-order chi connectivity index (χ0) is 13.2. The Kier molecular flexibility index (Phi) is 4.69. The zero-order valence-electron chi connectivity index (χ0n) is 10.9. The molecule has 0 heterocycles. The summed E-state index contributed by atoms with van der Waals surface area (Å²) in [7, 11) is 0. The molecule has 0 aliphatic carbocycles. The van der Waals surface area contributed by atoms with Gasteiger partial charge in [0.05, 0.1) is 0 Å². The number of hydrogen-bond acceptors (Lipinski definition) is 0. The minimum atomic E-state index is -0.0369. The summed E-state index contributed by atoms with van der Waals surface area (Å²) in [5.74, 6) is 0. The lowest BCUT2D eigenvalue weighted by Crippen LogP contribution is -3.61. The van der Waals surface area contributed by atoms with Gasteiger partial charge in [0.25, 0.3) is 0 Å². The molecule has 0 amide bonds. The fraction of sp³-hybridized carbons (Fsp3) is 0.250. The van der Waals surface area contributed by atoms with E-state index >= 15 is 0 Å². The van der Waals surface area contributed by atoms with Crippen LogP contribution < -0.4 is 21.2 Å². The van der Waals surface area contributed by atoms with Crippen molar-refractivity contribution in [1.82, 2.24) is 0 Å². The number of halogens is 2. The van der Waals surface area contributed by atoms with Crippen LogP contribution in [0.3, 0.4) is 0 Å². The lowest BCUT2D eigenvalue weighted by Gasteiger charge is -2.18. The molecule has 0 bridgehead atoms.